The zero-order valence-corrected chi connectivity index (χ0v) is 8.91. The molecule has 15 heavy (non-hydrogen) atoms. The molecule has 0 amide bonds. The molecule has 3 heteroatoms. The Morgan fingerprint density at radius 3 is 2.93 bits per heavy atom. The summed E-state index contributed by atoms with van der Waals surface area (Å²) in [6, 6.07) is 3.63. The zero-order valence-electron chi connectivity index (χ0n) is 8.91. The number of fused-ring (bicyclic) bond motifs is 1. The number of benzene rings is 1. The van der Waals surface area contributed by atoms with E-state index in [1.54, 1.807) is 13.0 Å². The summed E-state index contributed by atoms with van der Waals surface area (Å²) in [5, 5.41) is 9.80. The standard InChI is InChI=1S/C12H14O3/c1-8-3-4-9(7-13)10-5-6-12(2,14)15-11(8)10/h3-4,7,14H,5-6H2,1-2H3. The molecule has 0 saturated heterocycles. The molecule has 1 N–H and O–H groups in total. The lowest BCUT2D eigenvalue weighted by Gasteiger charge is -2.32. The van der Waals surface area contributed by atoms with Crippen molar-refractivity contribution in [3.05, 3.63) is 28.8 Å². The first-order valence-corrected chi connectivity index (χ1v) is 5.02. The summed E-state index contributed by atoms with van der Waals surface area (Å²) in [6.07, 6.45) is 2.03. The van der Waals surface area contributed by atoms with Crippen molar-refractivity contribution in [1.29, 1.82) is 0 Å². The topological polar surface area (TPSA) is 46.5 Å². The summed E-state index contributed by atoms with van der Waals surface area (Å²) in [5.74, 6) is -0.449. The van der Waals surface area contributed by atoms with Gasteiger partial charge in [0.1, 0.15) is 12.0 Å². The number of aldehydes is 1. The van der Waals surface area contributed by atoms with Crippen molar-refractivity contribution in [2.75, 3.05) is 0 Å². The number of carbonyl (C=O) groups is 1. The number of hydrogen-bond donors (Lipinski definition) is 1. The second-order valence-corrected chi connectivity index (χ2v) is 4.17. The highest BCUT2D eigenvalue weighted by molar-refractivity contribution is 5.79. The van der Waals surface area contributed by atoms with Crippen molar-refractivity contribution in [3.8, 4) is 5.75 Å². The Hall–Kier alpha value is -1.35. The molecular formula is C12H14O3. The van der Waals surface area contributed by atoms with Gasteiger partial charge in [-0.15, -0.1) is 0 Å². The number of aliphatic hydroxyl groups is 1. The highest BCUT2D eigenvalue weighted by atomic mass is 16.6. The van der Waals surface area contributed by atoms with Gasteiger partial charge >= 0.3 is 0 Å². The summed E-state index contributed by atoms with van der Waals surface area (Å²) in [5.41, 5.74) is 2.53. The van der Waals surface area contributed by atoms with Crippen LogP contribution in [-0.4, -0.2) is 17.2 Å². The van der Waals surface area contributed by atoms with Crippen LogP contribution in [0.4, 0.5) is 0 Å². The van der Waals surface area contributed by atoms with Crippen molar-refractivity contribution in [2.24, 2.45) is 0 Å². The minimum Gasteiger partial charge on any atom is -0.462 e. The molecule has 3 nitrogen and oxygen atoms in total. The number of rotatable bonds is 1. The molecule has 80 valence electrons. The molecule has 0 aliphatic carbocycles. The van der Waals surface area contributed by atoms with Gasteiger partial charge < -0.3 is 9.84 Å². The molecule has 1 aromatic rings. The third-order valence-electron chi connectivity index (χ3n) is 2.78. The highest BCUT2D eigenvalue weighted by Gasteiger charge is 2.30. The summed E-state index contributed by atoms with van der Waals surface area (Å²) in [7, 11) is 0. The number of hydrogen-bond acceptors (Lipinski definition) is 3. The molecule has 1 heterocycles. The van der Waals surface area contributed by atoms with E-state index in [-0.39, 0.29) is 0 Å². The molecule has 0 radical (unpaired) electrons. The lowest BCUT2D eigenvalue weighted by atomic mass is 9.94. The Balaban J connectivity index is 2.54. The van der Waals surface area contributed by atoms with Crippen molar-refractivity contribution >= 4 is 6.29 Å². The van der Waals surface area contributed by atoms with Gasteiger partial charge in [0, 0.05) is 24.5 Å². The molecule has 0 saturated carbocycles. The van der Waals surface area contributed by atoms with Gasteiger partial charge in [0.05, 0.1) is 0 Å². The van der Waals surface area contributed by atoms with Gasteiger partial charge in [0.2, 0.25) is 5.79 Å². The van der Waals surface area contributed by atoms with Crippen LogP contribution in [0.2, 0.25) is 0 Å². The Labute approximate surface area is 88.7 Å². The fourth-order valence-corrected chi connectivity index (χ4v) is 1.90. The molecule has 0 spiro atoms. The van der Waals surface area contributed by atoms with Crippen LogP contribution in [0.25, 0.3) is 0 Å². The predicted octanol–water partition coefficient (Wildman–Crippen LogP) is 1.84. The molecule has 1 unspecified atom stereocenters. The largest absolute Gasteiger partial charge is 0.462 e. The van der Waals surface area contributed by atoms with Crippen LogP contribution in [-0.2, 0) is 6.42 Å². The maximum Gasteiger partial charge on any atom is 0.205 e. The number of carbonyl (C=O) groups excluding carboxylic acids is 1. The van der Waals surface area contributed by atoms with Gasteiger partial charge in [0.15, 0.2) is 0 Å². The molecule has 2 rings (SSSR count). The minimum absolute atomic E-state index is 0.518. The first-order chi connectivity index (χ1) is 7.03. The summed E-state index contributed by atoms with van der Waals surface area (Å²) in [6.45, 7) is 3.55. The summed E-state index contributed by atoms with van der Waals surface area (Å²) < 4.78 is 5.49. The lowest BCUT2D eigenvalue weighted by Crippen LogP contribution is -2.36. The average molecular weight is 206 g/mol. The van der Waals surface area contributed by atoms with Gasteiger partial charge in [-0.1, -0.05) is 12.1 Å². The second kappa shape index (κ2) is 3.35. The summed E-state index contributed by atoms with van der Waals surface area (Å²) >= 11 is 0. The molecule has 1 aliphatic rings. The van der Waals surface area contributed by atoms with Gasteiger partial charge in [0.25, 0.3) is 0 Å². The Morgan fingerprint density at radius 2 is 2.27 bits per heavy atom. The van der Waals surface area contributed by atoms with Gasteiger partial charge in [-0.3, -0.25) is 4.79 Å². The van der Waals surface area contributed by atoms with E-state index in [1.165, 1.54) is 0 Å². The van der Waals surface area contributed by atoms with Crippen molar-refractivity contribution in [1.82, 2.24) is 0 Å². The van der Waals surface area contributed by atoms with E-state index in [1.807, 2.05) is 13.0 Å². The van der Waals surface area contributed by atoms with E-state index in [4.69, 9.17) is 4.74 Å². The van der Waals surface area contributed by atoms with E-state index in [9.17, 15) is 9.90 Å². The van der Waals surface area contributed by atoms with E-state index in [0.29, 0.717) is 24.2 Å². The van der Waals surface area contributed by atoms with Crippen molar-refractivity contribution in [2.45, 2.75) is 32.5 Å². The Bertz CT molecular complexity index is 408. The fourth-order valence-electron chi connectivity index (χ4n) is 1.90. The molecule has 1 aliphatic heterocycles. The van der Waals surface area contributed by atoms with Crippen molar-refractivity contribution in [3.63, 3.8) is 0 Å². The predicted molar refractivity (Wildman–Crippen MR) is 56.1 cm³/mol. The lowest BCUT2D eigenvalue weighted by molar-refractivity contribution is -0.134. The van der Waals surface area contributed by atoms with Crippen LogP contribution in [0.3, 0.4) is 0 Å². The normalized spacial score (nSPS) is 24.2. The minimum atomic E-state index is -1.11. The molecule has 0 aromatic heterocycles. The highest BCUT2D eigenvalue weighted by Crippen LogP contribution is 2.36. The van der Waals surface area contributed by atoms with Crippen LogP contribution in [0.1, 0.15) is 34.8 Å². The first-order valence-electron chi connectivity index (χ1n) is 5.02. The maximum absolute atomic E-state index is 10.8. The first kappa shape index (κ1) is 10.2. The third kappa shape index (κ3) is 1.75. The van der Waals surface area contributed by atoms with E-state index in [0.717, 1.165) is 17.4 Å². The van der Waals surface area contributed by atoms with Crippen molar-refractivity contribution < 1.29 is 14.6 Å². The Kier molecular flexibility index (Phi) is 2.27. The van der Waals surface area contributed by atoms with Gasteiger partial charge in [-0.25, -0.2) is 0 Å². The summed E-state index contributed by atoms with van der Waals surface area (Å²) in [4.78, 5) is 10.8. The number of aryl methyl sites for hydroxylation is 1. The molecule has 1 aromatic carbocycles. The van der Waals surface area contributed by atoms with Crippen LogP contribution >= 0.6 is 0 Å². The van der Waals surface area contributed by atoms with Crippen LogP contribution in [0.5, 0.6) is 5.75 Å². The maximum atomic E-state index is 10.8. The number of ether oxygens (including phenoxy) is 1. The van der Waals surface area contributed by atoms with Crippen LogP contribution < -0.4 is 4.74 Å². The third-order valence-corrected chi connectivity index (χ3v) is 2.78. The SMILES string of the molecule is Cc1ccc(C=O)c2c1OC(C)(O)CC2. The fraction of sp³-hybridized carbons (Fsp3) is 0.417. The van der Waals surface area contributed by atoms with E-state index >= 15 is 0 Å². The van der Waals surface area contributed by atoms with E-state index in [2.05, 4.69) is 0 Å². The van der Waals surface area contributed by atoms with Crippen LogP contribution in [0, 0.1) is 6.92 Å². The monoisotopic (exact) mass is 206 g/mol. The Morgan fingerprint density at radius 1 is 1.53 bits per heavy atom. The average Bonchev–Trinajstić information content (AvgIpc) is 2.18. The van der Waals surface area contributed by atoms with Crippen LogP contribution in [0.15, 0.2) is 12.1 Å². The molecular weight excluding hydrogens is 192 g/mol. The van der Waals surface area contributed by atoms with Gasteiger partial charge in [-0.05, 0) is 18.9 Å². The molecule has 0 bridgehead atoms. The molecule has 1 atom stereocenters. The quantitative estimate of drug-likeness (QED) is 0.713. The zero-order chi connectivity index (χ0) is 11.1. The molecule has 0 fully saturated rings. The van der Waals surface area contributed by atoms with Gasteiger partial charge in [-0.2, -0.15) is 0 Å². The second-order valence-electron chi connectivity index (χ2n) is 4.17. The van der Waals surface area contributed by atoms with E-state index < -0.39 is 5.79 Å². The smallest absolute Gasteiger partial charge is 0.205 e.